The summed E-state index contributed by atoms with van der Waals surface area (Å²) >= 11 is 0. The Labute approximate surface area is 203 Å². The Balaban J connectivity index is 1.65. The molecule has 0 fully saturated rings. The molecule has 0 amide bonds. The molecule has 4 aromatic heterocycles. The van der Waals surface area contributed by atoms with Crippen molar-refractivity contribution in [2.45, 2.75) is 20.4 Å². The molecule has 0 radical (unpaired) electrons. The molecule has 0 spiro atoms. The molecule has 9 nitrogen and oxygen atoms in total. The van der Waals surface area contributed by atoms with Crippen LogP contribution in [0.3, 0.4) is 0 Å². The molecule has 2 N–H and O–H groups in total. The molecule has 2 aromatic carbocycles. The number of aromatic nitrogens is 6. The predicted octanol–water partition coefficient (Wildman–Crippen LogP) is 4.15. The fourth-order valence-electron chi connectivity index (χ4n) is 4.32. The zero-order valence-electron chi connectivity index (χ0n) is 19.4. The van der Waals surface area contributed by atoms with Gasteiger partial charge in [0.05, 0.1) is 23.5 Å². The Morgan fingerprint density at radius 2 is 1.83 bits per heavy atom. The number of fused-ring (bicyclic) bond motifs is 2. The van der Waals surface area contributed by atoms with E-state index >= 15 is 0 Å². The van der Waals surface area contributed by atoms with E-state index in [0.29, 0.717) is 39.3 Å². The lowest BCUT2D eigenvalue weighted by Gasteiger charge is -2.12. The number of benzene rings is 2. The molecule has 178 valence electrons. The number of hydrogen-bond acceptors (Lipinski definition) is 7. The molecule has 0 saturated heterocycles. The van der Waals surface area contributed by atoms with Crippen LogP contribution in [0.1, 0.15) is 16.8 Å². The minimum atomic E-state index is -0.443. The number of oxazole rings is 1. The van der Waals surface area contributed by atoms with Crippen molar-refractivity contribution in [3.63, 3.8) is 0 Å². The number of anilines is 1. The molecule has 6 aromatic rings. The van der Waals surface area contributed by atoms with Crippen molar-refractivity contribution in [2.24, 2.45) is 0 Å². The monoisotopic (exact) mass is 481 g/mol. The standard InChI is InChI=1S/C26H20FN7O2/c1-14-3-8-19(29-11-14)12-33-26(35)34-24(32-33)21(17-9-15(2)22-20(10-17)36-13-30-22)23(31-25(34)28)16-4-6-18(27)7-5-16/h3-11,13H,12H2,1-2H3,(H2,28,31). The highest BCUT2D eigenvalue weighted by molar-refractivity contribution is 5.94. The molecular weight excluding hydrogens is 461 g/mol. The first-order valence-corrected chi connectivity index (χ1v) is 11.2. The van der Waals surface area contributed by atoms with Crippen LogP contribution in [0.15, 0.2) is 70.3 Å². The van der Waals surface area contributed by atoms with Gasteiger partial charge >= 0.3 is 5.69 Å². The molecule has 0 atom stereocenters. The van der Waals surface area contributed by atoms with Crippen molar-refractivity contribution in [3.8, 4) is 22.4 Å². The van der Waals surface area contributed by atoms with Crippen LogP contribution in [0, 0.1) is 19.7 Å². The molecule has 0 saturated carbocycles. The van der Waals surface area contributed by atoms with Crippen molar-refractivity contribution < 1.29 is 8.81 Å². The Kier molecular flexibility index (Phi) is 4.89. The summed E-state index contributed by atoms with van der Waals surface area (Å²) in [5, 5.41) is 4.66. The molecule has 0 bridgehead atoms. The van der Waals surface area contributed by atoms with E-state index in [1.54, 1.807) is 18.3 Å². The third-order valence-corrected chi connectivity index (χ3v) is 6.07. The average Bonchev–Trinajstić information content (AvgIpc) is 3.46. The van der Waals surface area contributed by atoms with Gasteiger partial charge in [0.15, 0.2) is 17.6 Å². The number of hydrogen-bond donors (Lipinski definition) is 1. The van der Waals surface area contributed by atoms with E-state index in [9.17, 15) is 9.18 Å². The molecule has 0 unspecified atom stereocenters. The zero-order chi connectivity index (χ0) is 25.0. The normalized spacial score (nSPS) is 11.5. The van der Waals surface area contributed by atoms with E-state index in [1.165, 1.54) is 27.6 Å². The number of pyridine rings is 1. The third-order valence-electron chi connectivity index (χ3n) is 6.07. The van der Waals surface area contributed by atoms with E-state index in [4.69, 9.17) is 10.2 Å². The van der Waals surface area contributed by atoms with Crippen molar-refractivity contribution >= 4 is 22.7 Å². The fourth-order valence-corrected chi connectivity index (χ4v) is 4.32. The highest BCUT2D eigenvalue weighted by Gasteiger charge is 2.23. The summed E-state index contributed by atoms with van der Waals surface area (Å²) in [5.41, 5.74) is 12.4. The maximum atomic E-state index is 13.7. The van der Waals surface area contributed by atoms with Gasteiger partial charge in [0.1, 0.15) is 11.3 Å². The van der Waals surface area contributed by atoms with Gasteiger partial charge in [-0.25, -0.2) is 28.2 Å². The van der Waals surface area contributed by atoms with Gasteiger partial charge in [0.2, 0.25) is 5.95 Å². The highest BCUT2D eigenvalue weighted by atomic mass is 19.1. The van der Waals surface area contributed by atoms with Crippen LogP contribution < -0.4 is 11.4 Å². The number of aryl methyl sites for hydroxylation is 2. The van der Waals surface area contributed by atoms with E-state index < -0.39 is 5.69 Å². The highest BCUT2D eigenvalue weighted by Crippen LogP contribution is 2.36. The van der Waals surface area contributed by atoms with Gasteiger partial charge in [0.25, 0.3) is 0 Å². The van der Waals surface area contributed by atoms with Crippen LogP contribution in [0.25, 0.3) is 39.1 Å². The third kappa shape index (κ3) is 3.50. The summed E-state index contributed by atoms with van der Waals surface area (Å²) in [6, 6.07) is 13.4. The van der Waals surface area contributed by atoms with Gasteiger partial charge in [0, 0.05) is 11.8 Å². The van der Waals surface area contributed by atoms with Crippen LogP contribution in [-0.4, -0.2) is 29.1 Å². The number of rotatable bonds is 4. The number of halogens is 1. The van der Waals surface area contributed by atoms with E-state index in [2.05, 4.69) is 20.1 Å². The number of nitrogen functional groups attached to an aromatic ring is 1. The molecule has 4 heterocycles. The predicted molar refractivity (Wildman–Crippen MR) is 133 cm³/mol. The Morgan fingerprint density at radius 3 is 2.58 bits per heavy atom. The topological polar surface area (TPSA) is 117 Å². The minimum Gasteiger partial charge on any atom is -0.443 e. The van der Waals surface area contributed by atoms with E-state index in [-0.39, 0.29) is 18.3 Å². The van der Waals surface area contributed by atoms with Crippen LogP contribution in [-0.2, 0) is 6.54 Å². The maximum Gasteiger partial charge on any atom is 0.353 e. The fraction of sp³-hybridized carbons (Fsp3) is 0.115. The lowest BCUT2D eigenvalue weighted by atomic mass is 9.98. The maximum absolute atomic E-state index is 13.7. The van der Waals surface area contributed by atoms with Crippen LogP contribution in [0.2, 0.25) is 0 Å². The lowest BCUT2D eigenvalue weighted by molar-refractivity contribution is 0.602. The summed E-state index contributed by atoms with van der Waals surface area (Å²) in [7, 11) is 0. The first kappa shape index (κ1) is 21.7. The molecule has 0 aliphatic heterocycles. The number of nitrogens with two attached hydrogens (primary N) is 1. The SMILES string of the molecule is Cc1ccc(Cn2nc3c(-c4cc(C)c5ncoc5c4)c(-c4ccc(F)cc4)nc(N)n3c2=O)nc1. The largest absolute Gasteiger partial charge is 0.443 e. The first-order valence-electron chi connectivity index (χ1n) is 11.2. The van der Waals surface area contributed by atoms with Crippen LogP contribution in [0.5, 0.6) is 0 Å². The van der Waals surface area contributed by atoms with Crippen molar-refractivity contribution in [1.82, 2.24) is 29.1 Å². The van der Waals surface area contributed by atoms with Gasteiger partial charge in [-0.05, 0) is 73.0 Å². The zero-order valence-corrected chi connectivity index (χ0v) is 19.4. The average molecular weight is 481 g/mol. The second kappa shape index (κ2) is 8.12. The second-order valence-corrected chi connectivity index (χ2v) is 8.62. The number of nitrogens with zero attached hydrogens (tertiary/aromatic N) is 6. The smallest absolute Gasteiger partial charge is 0.353 e. The molecule has 6 rings (SSSR count). The summed E-state index contributed by atoms with van der Waals surface area (Å²) < 4.78 is 21.9. The Morgan fingerprint density at radius 1 is 1.03 bits per heavy atom. The van der Waals surface area contributed by atoms with Crippen molar-refractivity contribution in [1.29, 1.82) is 0 Å². The quantitative estimate of drug-likeness (QED) is 0.402. The first-order chi connectivity index (χ1) is 17.4. The molecule has 36 heavy (non-hydrogen) atoms. The van der Waals surface area contributed by atoms with Crippen molar-refractivity contribution in [2.75, 3.05) is 5.73 Å². The Hall–Kier alpha value is -4.86. The summed E-state index contributed by atoms with van der Waals surface area (Å²) in [6.45, 7) is 4.02. The molecule has 0 aliphatic carbocycles. The van der Waals surface area contributed by atoms with Gasteiger partial charge in [-0.3, -0.25) is 4.98 Å². The second-order valence-electron chi connectivity index (χ2n) is 8.62. The van der Waals surface area contributed by atoms with E-state index in [1.807, 2.05) is 38.1 Å². The van der Waals surface area contributed by atoms with E-state index in [0.717, 1.165) is 16.6 Å². The van der Waals surface area contributed by atoms with Gasteiger partial charge in [-0.1, -0.05) is 6.07 Å². The van der Waals surface area contributed by atoms with Crippen molar-refractivity contribution in [3.05, 3.63) is 94.2 Å². The summed E-state index contributed by atoms with van der Waals surface area (Å²) in [6.07, 6.45) is 3.12. The lowest BCUT2D eigenvalue weighted by Crippen LogP contribution is -2.24. The van der Waals surface area contributed by atoms with Gasteiger partial charge < -0.3 is 10.2 Å². The Bertz CT molecular complexity index is 1820. The minimum absolute atomic E-state index is 0.0290. The van der Waals surface area contributed by atoms with Crippen LogP contribution in [0.4, 0.5) is 10.3 Å². The molecule has 10 heteroatoms. The summed E-state index contributed by atoms with van der Waals surface area (Å²) in [5.74, 6) is -0.405. The van der Waals surface area contributed by atoms with Crippen LogP contribution >= 0.6 is 0 Å². The van der Waals surface area contributed by atoms with Gasteiger partial charge in [-0.15, -0.1) is 5.10 Å². The summed E-state index contributed by atoms with van der Waals surface area (Å²) in [4.78, 5) is 26.6. The van der Waals surface area contributed by atoms with Gasteiger partial charge in [-0.2, -0.15) is 0 Å². The molecular formula is C26H20FN7O2. The molecule has 0 aliphatic rings.